The highest BCUT2D eigenvalue weighted by Crippen LogP contribution is 2.35. The molecule has 2 fully saturated rings. The van der Waals surface area contributed by atoms with Gasteiger partial charge in [-0.1, -0.05) is 36.4 Å². The van der Waals surface area contributed by atoms with Gasteiger partial charge in [-0.15, -0.1) is 11.8 Å². The minimum atomic E-state index is -0.232. The number of aldehydes is 1. The second kappa shape index (κ2) is 9.27. The molecular formula is C25H31N3OS. The van der Waals surface area contributed by atoms with Gasteiger partial charge in [0.15, 0.2) is 0 Å². The fourth-order valence-electron chi connectivity index (χ4n) is 4.47. The number of para-hydroxylation sites is 2. The van der Waals surface area contributed by atoms with E-state index >= 15 is 0 Å². The first-order chi connectivity index (χ1) is 14.6. The Hall–Kier alpha value is -2.24. The van der Waals surface area contributed by atoms with Crippen LogP contribution in [0.2, 0.25) is 0 Å². The zero-order valence-electron chi connectivity index (χ0n) is 18.1. The predicted molar refractivity (Wildman–Crippen MR) is 129 cm³/mol. The van der Waals surface area contributed by atoms with Gasteiger partial charge in [-0.25, -0.2) is 0 Å². The van der Waals surface area contributed by atoms with Crippen molar-refractivity contribution in [3.63, 3.8) is 0 Å². The molecule has 0 radical (unpaired) electrons. The van der Waals surface area contributed by atoms with Gasteiger partial charge in [0.25, 0.3) is 0 Å². The SMILES string of the molecule is CC1CN(c2ccccc2C=C2SCCN(c3ccccc3)C2C=O)CC(C)N1C. The van der Waals surface area contributed by atoms with Crippen LogP contribution in [-0.2, 0) is 4.79 Å². The van der Waals surface area contributed by atoms with Gasteiger partial charge in [-0.05, 0) is 50.7 Å². The first-order valence-electron chi connectivity index (χ1n) is 10.8. The third-order valence-corrected chi connectivity index (χ3v) is 7.46. The summed E-state index contributed by atoms with van der Waals surface area (Å²) in [5.41, 5.74) is 3.57. The van der Waals surface area contributed by atoms with Gasteiger partial charge in [-0.2, -0.15) is 0 Å². The van der Waals surface area contributed by atoms with E-state index < -0.39 is 0 Å². The Labute approximate surface area is 184 Å². The zero-order valence-corrected chi connectivity index (χ0v) is 18.9. The summed E-state index contributed by atoms with van der Waals surface area (Å²) < 4.78 is 0. The molecule has 2 heterocycles. The maximum atomic E-state index is 12.1. The largest absolute Gasteiger partial charge is 0.368 e. The summed E-state index contributed by atoms with van der Waals surface area (Å²) in [6.45, 7) is 7.50. The summed E-state index contributed by atoms with van der Waals surface area (Å²) >= 11 is 1.81. The van der Waals surface area contributed by atoms with E-state index in [0.29, 0.717) is 12.1 Å². The lowest BCUT2D eigenvalue weighted by atomic mass is 10.0. The molecule has 5 heteroatoms. The molecule has 2 saturated heterocycles. The number of carbonyl (C=O) groups is 1. The summed E-state index contributed by atoms with van der Waals surface area (Å²) in [7, 11) is 2.21. The van der Waals surface area contributed by atoms with Crippen molar-refractivity contribution >= 4 is 35.5 Å². The van der Waals surface area contributed by atoms with Gasteiger partial charge in [0.05, 0.1) is 0 Å². The van der Waals surface area contributed by atoms with Crippen LogP contribution in [0, 0.1) is 0 Å². The molecule has 3 atom stereocenters. The molecule has 2 aromatic carbocycles. The molecule has 0 aromatic heterocycles. The second-order valence-electron chi connectivity index (χ2n) is 8.33. The number of likely N-dealkylation sites (N-methyl/N-ethyl adjacent to an activating group) is 1. The van der Waals surface area contributed by atoms with Crippen LogP contribution in [0.15, 0.2) is 59.5 Å². The Morgan fingerprint density at radius 2 is 1.63 bits per heavy atom. The third kappa shape index (κ3) is 4.28. The monoisotopic (exact) mass is 421 g/mol. The molecule has 30 heavy (non-hydrogen) atoms. The van der Waals surface area contributed by atoms with Crippen molar-refractivity contribution in [3.8, 4) is 0 Å². The van der Waals surface area contributed by atoms with E-state index in [0.717, 1.165) is 42.3 Å². The lowest BCUT2D eigenvalue weighted by Gasteiger charge is -2.44. The Kier molecular flexibility index (Phi) is 6.49. The Morgan fingerprint density at radius 3 is 2.33 bits per heavy atom. The fraction of sp³-hybridized carbons (Fsp3) is 0.400. The molecule has 2 aliphatic rings. The van der Waals surface area contributed by atoms with Crippen molar-refractivity contribution in [3.05, 3.63) is 65.1 Å². The molecule has 0 aliphatic carbocycles. The number of rotatable bonds is 4. The maximum Gasteiger partial charge on any atom is 0.147 e. The van der Waals surface area contributed by atoms with Crippen molar-refractivity contribution in [1.29, 1.82) is 0 Å². The van der Waals surface area contributed by atoms with Crippen LogP contribution in [0.4, 0.5) is 11.4 Å². The van der Waals surface area contributed by atoms with E-state index in [4.69, 9.17) is 0 Å². The Balaban J connectivity index is 1.65. The highest BCUT2D eigenvalue weighted by Gasteiger charge is 2.29. The van der Waals surface area contributed by atoms with Crippen LogP contribution >= 0.6 is 11.8 Å². The number of anilines is 2. The van der Waals surface area contributed by atoms with Crippen LogP contribution in [0.5, 0.6) is 0 Å². The van der Waals surface area contributed by atoms with E-state index in [-0.39, 0.29) is 6.04 Å². The normalized spacial score (nSPS) is 26.8. The average Bonchev–Trinajstić information content (AvgIpc) is 2.78. The third-order valence-electron chi connectivity index (χ3n) is 6.38. The number of thioether (sulfide) groups is 1. The molecule has 3 unspecified atom stereocenters. The van der Waals surface area contributed by atoms with E-state index in [9.17, 15) is 4.79 Å². The molecule has 0 spiro atoms. The van der Waals surface area contributed by atoms with Gasteiger partial charge >= 0.3 is 0 Å². The Morgan fingerprint density at radius 1 is 0.967 bits per heavy atom. The lowest BCUT2D eigenvalue weighted by molar-refractivity contribution is -0.108. The van der Waals surface area contributed by atoms with E-state index in [2.05, 4.69) is 78.1 Å². The number of hydrogen-bond acceptors (Lipinski definition) is 5. The molecule has 0 amide bonds. The molecule has 0 saturated carbocycles. The standard InChI is InChI=1S/C25H31N3OS/c1-19-16-27(17-20(2)26(19)3)23-12-8-7-9-21(23)15-25-24(18-29)28(13-14-30-25)22-10-5-4-6-11-22/h4-12,15,18-20,24H,13-14,16-17H2,1-3H3. The van der Waals surface area contributed by atoms with Crippen molar-refractivity contribution in [1.82, 2.24) is 4.90 Å². The fourth-order valence-corrected chi connectivity index (χ4v) is 5.56. The first-order valence-corrected chi connectivity index (χ1v) is 11.7. The summed E-state index contributed by atoms with van der Waals surface area (Å²) in [5.74, 6) is 0.982. The molecule has 2 aliphatic heterocycles. The Bertz CT molecular complexity index is 888. The summed E-state index contributed by atoms with van der Waals surface area (Å²) in [4.78, 5) is 20.4. The minimum absolute atomic E-state index is 0.232. The number of piperazine rings is 1. The van der Waals surface area contributed by atoms with E-state index in [1.54, 1.807) is 0 Å². The van der Waals surface area contributed by atoms with E-state index in [1.165, 1.54) is 11.3 Å². The van der Waals surface area contributed by atoms with Crippen LogP contribution in [0.3, 0.4) is 0 Å². The molecule has 2 aromatic rings. The number of benzene rings is 2. The predicted octanol–water partition coefficient (Wildman–Crippen LogP) is 4.38. The van der Waals surface area contributed by atoms with Crippen LogP contribution < -0.4 is 9.80 Å². The summed E-state index contributed by atoms with van der Waals surface area (Å²) in [6.07, 6.45) is 3.33. The molecular weight excluding hydrogens is 390 g/mol. The molecule has 4 nitrogen and oxygen atoms in total. The van der Waals surface area contributed by atoms with Crippen molar-refractivity contribution in [2.75, 3.05) is 42.2 Å². The van der Waals surface area contributed by atoms with Gasteiger partial charge in [0, 0.05) is 53.8 Å². The quantitative estimate of drug-likeness (QED) is 0.683. The van der Waals surface area contributed by atoms with E-state index in [1.807, 2.05) is 30.0 Å². The summed E-state index contributed by atoms with van der Waals surface area (Å²) in [5, 5.41) is 0. The maximum absolute atomic E-state index is 12.1. The summed E-state index contributed by atoms with van der Waals surface area (Å²) in [6, 6.07) is 19.7. The van der Waals surface area contributed by atoms with Gasteiger partial charge in [-0.3, -0.25) is 4.90 Å². The number of nitrogens with zero attached hydrogens (tertiary/aromatic N) is 3. The second-order valence-corrected chi connectivity index (χ2v) is 9.50. The van der Waals surface area contributed by atoms with Crippen LogP contribution in [-0.4, -0.2) is 61.7 Å². The van der Waals surface area contributed by atoms with Crippen molar-refractivity contribution < 1.29 is 4.79 Å². The van der Waals surface area contributed by atoms with Gasteiger partial charge in [0.2, 0.25) is 0 Å². The van der Waals surface area contributed by atoms with Crippen molar-refractivity contribution in [2.24, 2.45) is 0 Å². The van der Waals surface area contributed by atoms with Gasteiger partial charge < -0.3 is 14.6 Å². The lowest BCUT2D eigenvalue weighted by Crippen LogP contribution is -2.55. The van der Waals surface area contributed by atoms with Crippen LogP contribution in [0.25, 0.3) is 6.08 Å². The average molecular weight is 422 g/mol. The highest BCUT2D eigenvalue weighted by atomic mass is 32.2. The van der Waals surface area contributed by atoms with Crippen molar-refractivity contribution in [2.45, 2.75) is 32.0 Å². The molecule has 4 rings (SSSR count). The number of carbonyl (C=O) groups excluding carboxylic acids is 1. The first kappa shape index (κ1) is 21.0. The zero-order chi connectivity index (χ0) is 21.1. The topological polar surface area (TPSA) is 26.8 Å². The molecule has 158 valence electrons. The van der Waals surface area contributed by atoms with Crippen LogP contribution in [0.1, 0.15) is 19.4 Å². The smallest absolute Gasteiger partial charge is 0.147 e. The number of hydrogen-bond donors (Lipinski definition) is 0. The molecule has 0 bridgehead atoms. The van der Waals surface area contributed by atoms with Gasteiger partial charge in [0.1, 0.15) is 12.3 Å². The minimum Gasteiger partial charge on any atom is -0.368 e. The highest BCUT2D eigenvalue weighted by molar-refractivity contribution is 8.03. The molecule has 0 N–H and O–H groups in total.